The zero-order chi connectivity index (χ0) is 14.9. The number of sulfonamides is 1. The maximum absolute atomic E-state index is 12.2. The molecule has 110 valence electrons. The third-order valence-corrected chi connectivity index (χ3v) is 5.73. The zero-order valence-corrected chi connectivity index (χ0v) is 12.7. The number of hydrogen-bond acceptors (Lipinski definition) is 6. The molecule has 3 rings (SSSR count). The van der Waals surface area contributed by atoms with E-state index in [1.54, 1.807) is 30.3 Å². The first kappa shape index (κ1) is 14.1. The highest BCUT2D eigenvalue weighted by Gasteiger charge is 2.18. The molecule has 0 saturated heterocycles. The van der Waals surface area contributed by atoms with E-state index in [2.05, 4.69) is 9.88 Å². The van der Waals surface area contributed by atoms with Gasteiger partial charge in [-0.15, -0.1) is 11.3 Å². The zero-order valence-electron chi connectivity index (χ0n) is 11.1. The third-order valence-electron chi connectivity index (χ3n) is 2.73. The van der Waals surface area contributed by atoms with Gasteiger partial charge in [-0.25, -0.2) is 13.1 Å². The quantitative estimate of drug-likeness (QED) is 0.780. The van der Waals surface area contributed by atoms with Gasteiger partial charge in [0, 0.05) is 6.07 Å². The Balaban J connectivity index is 1.78. The van der Waals surface area contributed by atoms with E-state index in [0.29, 0.717) is 16.4 Å². The first-order valence-electron chi connectivity index (χ1n) is 6.10. The molecule has 0 atom stereocenters. The van der Waals surface area contributed by atoms with Crippen LogP contribution >= 0.6 is 11.3 Å². The molecular weight excluding hydrogens is 312 g/mol. The molecule has 0 aromatic carbocycles. The minimum Gasteiger partial charge on any atom is -0.468 e. The highest BCUT2D eigenvalue weighted by Crippen LogP contribution is 2.31. The second-order valence-corrected chi connectivity index (χ2v) is 7.43. The van der Waals surface area contributed by atoms with E-state index >= 15 is 0 Å². The molecule has 0 spiro atoms. The summed E-state index contributed by atoms with van der Waals surface area (Å²) in [5.41, 5.74) is 0.749. The molecular formula is C13H12N2O4S2. The van der Waals surface area contributed by atoms with Crippen molar-refractivity contribution in [2.24, 2.45) is 0 Å². The topological polar surface area (TPSA) is 85.3 Å². The second-order valence-electron chi connectivity index (χ2n) is 4.36. The van der Waals surface area contributed by atoms with Crippen molar-refractivity contribution in [3.05, 3.63) is 48.0 Å². The van der Waals surface area contributed by atoms with E-state index in [9.17, 15) is 8.42 Å². The van der Waals surface area contributed by atoms with Crippen molar-refractivity contribution in [3.63, 3.8) is 0 Å². The van der Waals surface area contributed by atoms with E-state index in [4.69, 9.17) is 8.94 Å². The minimum atomic E-state index is -3.57. The van der Waals surface area contributed by atoms with Gasteiger partial charge >= 0.3 is 0 Å². The molecule has 0 bridgehead atoms. The number of aromatic nitrogens is 1. The molecule has 0 amide bonds. The normalized spacial score (nSPS) is 11.9. The summed E-state index contributed by atoms with van der Waals surface area (Å²) in [7, 11) is -3.57. The fourth-order valence-corrected chi connectivity index (χ4v) is 4.02. The smallest absolute Gasteiger partial charge is 0.250 e. The van der Waals surface area contributed by atoms with Crippen molar-refractivity contribution in [1.29, 1.82) is 0 Å². The fraction of sp³-hybridized carbons (Fsp3) is 0.154. The molecule has 3 heterocycles. The second kappa shape index (κ2) is 5.47. The van der Waals surface area contributed by atoms with Crippen LogP contribution in [-0.4, -0.2) is 13.6 Å². The summed E-state index contributed by atoms with van der Waals surface area (Å²) in [6, 6.07) is 8.42. The molecule has 1 N–H and O–H groups in total. The van der Waals surface area contributed by atoms with Crippen LogP contribution in [0.1, 0.15) is 11.5 Å². The van der Waals surface area contributed by atoms with Crippen LogP contribution in [0, 0.1) is 6.92 Å². The monoisotopic (exact) mass is 324 g/mol. The molecule has 0 saturated carbocycles. The number of thiophene rings is 1. The van der Waals surface area contributed by atoms with Gasteiger partial charge in [0.25, 0.3) is 0 Å². The van der Waals surface area contributed by atoms with Crippen LogP contribution in [0.2, 0.25) is 0 Å². The Kier molecular flexibility index (Phi) is 3.66. The van der Waals surface area contributed by atoms with Crippen LogP contribution < -0.4 is 4.72 Å². The molecule has 8 heteroatoms. The van der Waals surface area contributed by atoms with Crippen LogP contribution in [0.15, 0.2) is 49.7 Å². The summed E-state index contributed by atoms with van der Waals surface area (Å²) in [5.74, 6) is 1.12. The van der Waals surface area contributed by atoms with Crippen molar-refractivity contribution in [2.45, 2.75) is 17.7 Å². The molecule has 3 aromatic heterocycles. The van der Waals surface area contributed by atoms with Gasteiger partial charge in [0.2, 0.25) is 10.0 Å². The largest absolute Gasteiger partial charge is 0.468 e. The van der Waals surface area contributed by atoms with Crippen molar-refractivity contribution in [3.8, 4) is 10.6 Å². The highest BCUT2D eigenvalue weighted by atomic mass is 32.2. The van der Waals surface area contributed by atoms with Gasteiger partial charge in [-0.3, -0.25) is 0 Å². The maximum Gasteiger partial charge on any atom is 0.250 e. The maximum atomic E-state index is 12.2. The van der Waals surface area contributed by atoms with Crippen molar-refractivity contribution < 1.29 is 17.4 Å². The Morgan fingerprint density at radius 1 is 1.33 bits per heavy atom. The van der Waals surface area contributed by atoms with Gasteiger partial charge in [-0.1, -0.05) is 5.16 Å². The number of aryl methyl sites for hydroxylation is 1. The van der Waals surface area contributed by atoms with Gasteiger partial charge in [0.15, 0.2) is 5.76 Å². The molecule has 0 fully saturated rings. The molecule has 0 aliphatic heterocycles. The Morgan fingerprint density at radius 3 is 2.86 bits per heavy atom. The number of nitrogens with zero attached hydrogens (tertiary/aromatic N) is 1. The van der Waals surface area contributed by atoms with Gasteiger partial charge in [0.05, 0.1) is 23.4 Å². The van der Waals surface area contributed by atoms with Crippen LogP contribution in [0.5, 0.6) is 0 Å². The van der Waals surface area contributed by atoms with Crippen LogP contribution in [0.4, 0.5) is 0 Å². The number of furan rings is 1. The van der Waals surface area contributed by atoms with E-state index in [0.717, 1.165) is 17.0 Å². The first-order valence-corrected chi connectivity index (χ1v) is 8.40. The lowest BCUT2D eigenvalue weighted by molar-refractivity contribution is 0.428. The minimum absolute atomic E-state index is 0.115. The molecule has 21 heavy (non-hydrogen) atoms. The average molecular weight is 324 g/mol. The van der Waals surface area contributed by atoms with Crippen molar-refractivity contribution >= 4 is 21.4 Å². The third kappa shape index (κ3) is 3.07. The Bertz CT molecular complexity index is 831. The standard InChI is InChI=1S/C13H12N2O4S2/c1-9-7-11(19-15-9)12-4-5-13(20-12)21(16,17)14-8-10-3-2-6-18-10/h2-7,14H,8H2,1H3. The summed E-state index contributed by atoms with van der Waals surface area (Å²) in [6.45, 7) is 1.92. The lowest BCUT2D eigenvalue weighted by Crippen LogP contribution is -2.22. The molecule has 0 unspecified atom stereocenters. The summed E-state index contributed by atoms with van der Waals surface area (Å²) in [6.07, 6.45) is 1.50. The number of nitrogens with one attached hydrogen (secondary N) is 1. The average Bonchev–Trinajstić information content (AvgIpc) is 3.17. The van der Waals surface area contributed by atoms with E-state index in [1.165, 1.54) is 6.26 Å². The lowest BCUT2D eigenvalue weighted by atomic mass is 10.3. The summed E-state index contributed by atoms with van der Waals surface area (Å²) < 4.78 is 37.3. The highest BCUT2D eigenvalue weighted by molar-refractivity contribution is 7.91. The predicted molar refractivity (Wildman–Crippen MR) is 77.3 cm³/mol. The van der Waals surface area contributed by atoms with Crippen LogP contribution in [-0.2, 0) is 16.6 Å². The van der Waals surface area contributed by atoms with Gasteiger partial charge in [0.1, 0.15) is 9.97 Å². The summed E-state index contributed by atoms with van der Waals surface area (Å²) in [5, 5.41) is 3.79. The summed E-state index contributed by atoms with van der Waals surface area (Å²) in [4.78, 5) is 0.717. The summed E-state index contributed by atoms with van der Waals surface area (Å²) >= 11 is 1.13. The van der Waals surface area contributed by atoms with Crippen LogP contribution in [0.3, 0.4) is 0 Å². The Morgan fingerprint density at radius 2 is 2.19 bits per heavy atom. The van der Waals surface area contributed by atoms with Crippen molar-refractivity contribution in [2.75, 3.05) is 0 Å². The Hall–Kier alpha value is -1.90. The molecule has 3 aromatic rings. The van der Waals surface area contributed by atoms with Crippen molar-refractivity contribution in [1.82, 2.24) is 9.88 Å². The van der Waals surface area contributed by atoms with Gasteiger partial charge < -0.3 is 8.94 Å². The lowest BCUT2D eigenvalue weighted by Gasteiger charge is -2.02. The fourth-order valence-electron chi connectivity index (χ4n) is 1.73. The van der Waals surface area contributed by atoms with Crippen LogP contribution in [0.25, 0.3) is 10.6 Å². The first-order chi connectivity index (χ1) is 10.0. The predicted octanol–water partition coefficient (Wildman–Crippen LogP) is 2.78. The van der Waals surface area contributed by atoms with E-state index < -0.39 is 10.0 Å². The van der Waals surface area contributed by atoms with Gasteiger partial charge in [-0.05, 0) is 31.2 Å². The van der Waals surface area contributed by atoms with E-state index in [-0.39, 0.29) is 10.8 Å². The Labute approximate surface area is 125 Å². The van der Waals surface area contributed by atoms with Gasteiger partial charge in [-0.2, -0.15) is 0 Å². The number of rotatable bonds is 5. The number of hydrogen-bond donors (Lipinski definition) is 1. The molecule has 0 aliphatic carbocycles. The SMILES string of the molecule is Cc1cc(-c2ccc(S(=O)(=O)NCc3ccco3)s2)on1. The molecule has 0 aliphatic rings. The van der Waals surface area contributed by atoms with E-state index in [1.807, 2.05) is 6.92 Å². The molecule has 0 radical (unpaired) electrons. The molecule has 6 nitrogen and oxygen atoms in total.